The van der Waals surface area contributed by atoms with Crippen molar-refractivity contribution in [2.24, 2.45) is 0 Å². The molecule has 2 fully saturated rings. The molecule has 30 heavy (non-hydrogen) atoms. The van der Waals surface area contributed by atoms with Gasteiger partial charge in [-0.15, -0.1) is 0 Å². The third kappa shape index (κ3) is 3.41. The van der Waals surface area contributed by atoms with Gasteiger partial charge in [-0.25, -0.2) is 4.98 Å². The van der Waals surface area contributed by atoms with E-state index in [0.29, 0.717) is 13.0 Å². The van der Waals surface area contributed by atoms with Gasteiger partial charge in [0.05, 0.1) is 16.7 Å². The first-order valence-electron chi connectivity index (χ1n) is 10.4. The number of aromatic nitrogens is 2. The van der Waals surface area contributed by atoms with Crippen LogP contribution in [0.25, 0.3) is 11.0 Å². The first kappa shape index (κ1) is 19.3. The number of para-hydroxylation sites is 3. The van der Waals surface area contributed by atoms with Crippen molar-refractivity contribution < 1.29 is 9.59 Å². The second kappa shape index (κ2) is 7.87. The molecule has 3 heterocycles. The van der Waals surface area contributed by atoms with Crippen molar-refractivity contribution in [2.75, 3.05) is 24.5 Å². The lowest BCUT2D eigenvalue weighted by atomic mass is 10.1. The molecule has 0 aliphatic carbocycles. The molecule has 1 unspecified atom stereocenters. The van der Waals surface area contributed by atoms with Crippen LogP contribution in [0.3, 0.4) is 0 Å². The maximum Gasteiger partial charge on any atom is 0.242 e. The van der Waals surface area contributed by atoms with Gasteiger partial charge in [0.25, 0.3) is 0 Å². The number of halogens is 1. The summed E-state index contributed by atoms with van der Waals surface area (Å²) in [5, 5.41) is 0. The topological polar surface area (TPSA) is 58.4 Å². The summed E-state index contributed by atoms with van der Waals surface area (Å²) in [6.45, 7) is 2.50. The van der Waals surface area contributed by atoms with E-state index in [2.05, 4.69) is 15.9 Å². The average Bonchev–Trinajstić information content (AvgIpc) is 3.48. The maximum absolute atomic E-state index is 12.9. The molecule has 1 atom stereocenters. The first-order valence-corrected chi connectivity index (χ1v) is 11.2. The Morgan fingerprint density at radius 1 is 1.07 bits per heavy atom. The van der Waals surface area contributed by atoms with Crippen LogP contribution in [0.4, 0.5) is 5.69 Å². The van der Waals surface area contributed by atoms with Gasteiger partial charge in [-0.05, 0) is 53.0 Å². The lowest BCUT2D eigenvalue weighted by Gasteiger charge is -2.20. The van der Waals surface area contributed by atoms with Crippen LogP contribution in [-0.2, 0) is 16.1 Å². The smallest absolute Gasteiger partial charge is 0.242 e. The van der Waals surface area contributed by atoms with Gasteiger partial charge < -0.3 is 14.4 Å². The minimum atomic E-state index is -0.0524. The molecule has 1 aromatic heterocycles. The van der Waals surface area contributed by atoms with Crippen molar-refractivity contribution in [3.63, 3.8) is 0 Å². The molecule has 2 aliphatic rings. The van der Waals surface area contributed by atoms with Crippen molar-refractivity contribution in [3.8, 4) is 0 Å². The van der Waals surface area contributed by atoms with Crippen molar-refractivity contribution in [1.82, 2.24) is 14.5 Å². The Morgan fingerprint density at radius 2 is 1.80 bits per heavy atom. The Bertz CT molecular complexity index is 1120. The second-order valence-corrected chi connectivity index (χ2v) is 8.84. The second-order valence-electron chi connectivity index (χ2n) is 7.99. The van der Waals surface area contributed by atoms with Gasteiger partial charge in [0.1, 0.15) is 12.4 Å². The zero-order chi connectivity index (χ0) is 20.7. The average molecular weight is 467 g/mol. The number of imidazole rings is 1. The minimum Gasteiger partial charge on any atom is -0.341 e. The van der Waals surface area contributed by atoms with Crippen LogP contribution < -0.4 is 4.90 Å². The zero-order valence-corrected chi connectivity index (χ0v) is 18.2. The first-order chi connectivity index (χ1) is 14.6. The molecule has 2 aromatic carbocycles. The van der Waals surface area contributed by atoms with Crippen molar-refractivity contribution >= 4 is 44.5 Å². The van der Waals surface area contributed by atoms with Crippen LogP contribution in [0.2, 0.25) is 0 Å². The summed E-state index contributed by atoms with van der Waals surface area (Å²) in [7, 11) is 0. The Labute approximate surface area is 183 Å². The largest absolute Gasteiger partial charge is 0.341 e. The highest BCUT2D eigenvalue weighted by molar-refractivity contribution is 9.10. The number of benzene rings is 2. The highest BCUT2D eigenvalue weighted by Crippen LogP contribution is 2.36. The van der Waals surface area contributed by atoms with Crippen LogP contribution >= 0.6 is 15.9 Å². The summed E-state index contributed by atoms with van der Waals surface area (Å²) in [6.07, 6.45) is 2.53. The number of fused-ring (bicyclic) bond motifs is 1. The van der Waals surface area contributed by atoms with E-state index < -0.39 is 0 Å². The Balaban J connectivity index is 1.49. The van der Waals surface area contributed by atoms with Crippen LogP contribution in [0, 0.1) is 0 Å². The third-order valence-electron chi connectivity index (χ3n) is 6.07. The van der Waals surface area contributed by atoms with Crippen molar-refractivity contribution in [2.45, 2.75) is 31.7 Å². The molecule has 6 nitrogen and oxygen atoms in total. The molecular formula is C23H23BrN4O2. The monoisotopic (exact) mass is 466 g/mol. The van der Waals surface area contributed by atoms with Crippen LogP contribution in [0.1, 0.15) is 31.0 Å². The number of likely N-dealkylation sites (tertiary alicyclic amines) is 1. The summed E-state index contributed by atoms with van der Waals surface area (Å²) >= 11 is 3.56. The van der Waals surface area contributed by atoms with E-state index in [1.807, 2.05) is 62.9 Å². The molecule has 2 saturated heterocycles. The zero-order valence-electron chi connectivity index (χ0n) is 16.6. The van der Waals surface area contributed by atoms with Crippen molar-refractivity contribution in [3.05, 3.63) is 58.8 Å². The Morgan fingerprint density at radius 3 is 2.60 bits per heavy atom. The van der Waals surface area contributed by atoms with E-state index in [4.69, 9.17) is 4.98 Å². The standard InChI is InChI=1S/C23H23BrN4O2/c24-17-7-1-3-9-19(17)27-14-16(13-21(27)29)23-25-18-8-2-4-10-20(18)28(23)15-22(30)26-11-5-6-12-26/h1-4,7-10,16H,5-6,11-15H2. The lowest BCUT2D eigenvalue weighted by Crippen LogP contribution is -2.32. The minimum absolute atomic E-state index is 0.0524. The summed E-state index contributed by atoms with van der Waals surface area (Å²) in [6, 6.07) is 15.7. The predicted molar refractivity (Wildman–Crippen MR) is 119 cm³/mol. The Hall–Kier alpha value is -2.67. The molecule has 0 N–H and O–H groups in total. The van der Waals surface area contributed by atoms with Crippen LogP contribution in [0.5, 0.6) is 0 Å². The molecular weight excluding hydrogens is 444 g/mol. The van der Waals surface area contributed by atoms with Gasteiger partial charge in [-0.1, -0.05) is 24.3 Å². The number of hydrogen-bond donors (Lipinski definition) is 0. The predicted octanol–water partition coefficient (Wildman–Crippen LogP) is 3.94. The van der Waals surface area contributed by atoms with Gasteiger partial charge in [0, 0.05) is 36.4 Å². The SMILES string of the molecule is O=C(Cn1c(C2CC(=O)N(c3ccccc3Br)C2)nc2ccccc21)N1CCCC1. The summed E-state index contributed by atoms with van der Waals surface area (Å²) in [4.78, 5) is 34.4. The molecule has 0 saturated carbocycles. The highest BCUT2D eigenvalue weighted by Gasteiger charge is 2.36. The number of carbonyl (C=O) groups is 2. The summed E-state index contributed by atoms with van der Waals surface area (Å²) < 4.78 is 2.93. The maximum atomic E-state index is 12.9. The van der Waals surface area contributed by atoms with Gasteiger partial charge in [-0.3, -0.25) is 9.59 Å². The van der Waals surface area contributed by atoms with E-state index in [1.54, 1.807) is 0 Å². The summed E-state index contributed by atoms with van der Waals surface area (Å²) in [5.74, 6) is 0.982. The normalized spacial score (nSPS) is 19.2. The van der Waals surface area contributed by atoms with Gasteiger partial charge in [-0.2, -0.15) is 0 Å². The quantitative estimate of drug-likeness (QED) is 0.584. The molecule has 0 bridgehead atoms. The number of carbonyl (C=O) groups excluding carboxylic acids is 2. The molecule has 5 rings (SSSR count). The van der Waals surface area contributed by atoms with Crippen LogP contribution in [0.15, 0.2) is 53.0 Å². The van der Waals surface area contributed by atoms with Gasteiger partial charge in [0.15, 0.2) is 0 Å². The molecule has 2 aliphatic heterocycles. The lowest BCUT2D eigenvalue weighted by molar-refractivity contribution is -0.130. The number of hydrogen-bond acceptors (Lipinski definition) is 3. The number of rotatable bonds is 4. The fourth-order valence-corrected chi connectivity index (χ4v) is 5.06. The number of anilines is 1. The van der Waals surface area contributed by atoms with E-state index >= 15 is 0 Å². The van der Waals surface area contributed by atoms with Gasteiger partial charge in [0.2, 0.25) is 11.8 Å². The summed E-state index contributed by atoms with van der Waals surface area (Å²) in [5.41, 5.74) is 2.70. The molecule has 0 radical (unpaired) electrons. The van der Waals surface area contributed by atoms with Crippen molar-refractivity contribution in [1.29, 1.82) is 0 Å². The van der Waals surface area contributed by atoms with E-state index in [0.717, 1.165) is 52.9 Å². The molecule has 2 amide bonds. The highest BCUT2D eigenvalue weighted by atomic mass is 79.9. The fraction of sp³-hybridized carbons (Fsp3) is 0.348. The molecule has 3 aromatic rings. The third-order valence-corrected chi connectivity index (χ3v) is 6.74. The van der Waals surface area contributed by atoms with E-state index in [-0.39, 0.29) is 24.3 Å². The number of amides is 2. The van der Waals surface area contributed by atoms with Gasteiger partial charge >= 0.3 is 0 Å². The fourth-order valence-electron chi connectivity index (χ4n) is 4.56. The Kier molecular flexibility index (Phi) is 5.06. The van der Waals surface area contributed by atoms with Crippen LogP contribution in [-0.4, -0.2) is 45.9 Å². The molecule has 154 valence electrons. The number of nitrogens with zero attached hydrogens (tertiary/aromatic N) is 4. The molecule has 0 spiro atoms. The molecule has 7 heteroatoms. The van der Waals surface area contributed by atoms with E-state index in [1.165, 1.54) is 0 Å². The van der Waals surface area contributed by atoms with E-state index in [9.17, 15) is 9.59 Å².